The van der Waals surface area contributed by atoms with Crippen molar-refractivity contribution >= 4 is 5.91 Å². The lowest BCUT2D eigenvalue weighted by molar-refractivity contribution is 0.0945. The Morgan fingerprint density at radius 2 is 1.84 bits per heavy atom. The van der Waals surface area contributed by atoms with E-state index in [9.17, 15) is 4.79 Å². The lowest BCUT2D eigenvalue weighted by Crippen LogP contribution is -2.25. The van der Waals surface area contributed by atoms with Crippen molar-refractivity contribution in [1.82, 2.24) is 10.3 Å². The van der Waals surface area contributed by atoms with Gasteiger partial charge in [-0.05, 0) is 41.7 Å². The average molecular weight is 342 g/mol. The van der Waals surface area contributed by atoms with Crippen LogP contribution in [0.15, 0.2) is 42.7 Å². The second kappa shape index (κ2) is 11.2. The van der Waals surface area contributed by atoms with Crippen molar-refractivity contribution in [3.8, 4) is 5.75 Å². The van der Waals surface area contributed by atoms with Gasteiger partial charge in [-0.1, -0.05) is 46.8 Å². The SMILES string of the molecule is CC.CC.CC1CCOc2c(C(=O)NCc3ccncc3)cccc21. The molecule has 136 valence electrons. The maximum absolute atomic E-state index is 12.4. The van der Waals surface area contributed by atoms with Gasteiger partial charge < -0.3 is 10.1 Å². The number of amides is 1. The van der Waals surface area contributed by atoms with Gasteiger partial charge >= 0.3 is 0 Å². The highest BCUT2D eigenvalue weighted by atomic mass is 16.5. The zero-order valence-electron chi connectivity index (χ0n) is 16.0. The zero-order valence-corrected chi connectivity index (χ0v) is 16.0. The Hall–Kier alpha value is -2.36. The van der Waals surface area contributed by atoms with Crippen molar-refractivity contribution in [2.45, 2.75) is 53.5 Å². The molecule has 0 spiro atoms. The molecule has 1 unspecified atom stereocenters. The van der Waals surface area contributed by atoms with Crippen molar-refractivity contribution in [2.75, 3.05) is 6.61 Å². The second-order valence-corrected chi connectivity index (χ2v) is 5.30. The molecule has 3 rings (SSSR count). The van der Waals surface area contributed by atoms with Crippen LogP contribution in [0.4, 0.5) is 0 Å². The van der Waals surface area contributed by atoms with Gasteiger partial charge in [0.15, 0.2) is 0 Å². The number of hydrogen-bond donors (Lipinski definition) is 1. The van der Waals surface area contributed by atoms with Crippen LogP contribution >= 0.6 is 0 Å². The van der Waals surface area contributed by atoms with Gasteiger partial charge in [0.1, 0.15) is 5.75 Å². The highest BCUT2D eigenvalue weighted by Gasteiger charge is 2.23. The molecule has 1 aliphatic rings. The summed E-state index contributed by atoms with van der Waals surface area (Å²) >= 11 is 0. The fraction of sp³-hybridized carbons (Fsp3) is 0.429. The Morgan fingerprint density at radius 3 is 2.52 bits per heavy atom. The van der Waals surface area contributed by atoms with Gasteiger partial charge in [0.2, 0.25) is 0 Å². The topological polar surface area (TPSA) is 51.2 Å². The highest BCUT2D eigenvalue weighted by Crippen LogP contribution is 2.35. The van der Waals surface area contributed by atoms with Gasteiger partial charge in [-0.15, -0.1) is 0 Å². The molecule has 0 radical (unpaired) electrons. The maximum atomic E-state index is 12.4. The molecule has 0 fully saturated rings. The second-order valence-electron chi connectivity index (χ2n) is 5.30. The molecule has 1 N–H and O–H groups in total. The molecule has 1 aromatic carbocycles. The average Bonchev–Trinajstić information content (AvgIpc) is 2.70. The van der Waals surface area contributed by atoms with Crippen LogP contribution < -0.4 is 10.1 Å². The van der Waals surface area contributed by atoms with Gasteiger partial charge in [0, 0.05) is 18.9 Å². The lowest BCUT2D eigenvalue weighted by Gasteiger charge is -2.24. The number of carbonyl (C=O) groups excluding carboxylic acids is 1. The third-order valence-electron chi connectivity index (χ3n) is 3.82. The molecule has 1 aliphatic heterocycles. The fourth-order valence-corrected chi connectivity index (χ4v) is 2.55. The van der Waals surface area contributed by atoms with Crippen molar-refractivity contribution < 1.29 is 9.53 Å². The maximum Gasteiger partial charge on any atom is 0.255 e. The van der Waals surface area contributed by atoms with Crippen molar-refractivity contribution in [3.05, 3.63) is 59.4 Å². The number of benzene rings is 1. The van der Waals surface area contributed by atoms with E-state index in [1.165, 1.54) is 0 Å². The van der Waals surface area contributed by atoms with Crippen LogP contribution in [0.1, 0.15) is 68.4 Å². The van der Waals surface area contributed by atoms with Gasteiger partial charge in [0.25, 0.3) is 5.91 Å². The molecule has 0 saturated heterocycles. The summed E-state index contributed by atoms with van der Waals surface area (Å²) in [5, 5.41) is 2.93. The number of rotatable bonds is 3. The summed E-state index contributed by atoms with van der Waals surface area (Å²) in [6.45, 7) is 11.3. The molecule has 0 saturated carbocycles. The number of nitrogens with one attached hydrogen (secondary N) is 1. The first kappa shape index (κ1) is 20.7. The predicted octanol–water partition coefficient (Wildman–Crippen LogP) is 4.95. The van der Waals surface area contributed by atoms with Crippen LogP contribution in [-0.4, -0.2) is 17.5 Å². The first-order valence-electron chi connectivity index (χ1n) is 9.18. The monoisotopic (exact) mass is 342 g/mol. The van der Waals surface area contributed by atoms with E-state index < -0.39 is 0 Å². The molecule has 25 heavy (non-hydrogen) atoms. The Kier molecular flexibility index (Phi) is 9.30. The Balaban J connectivity index is 0.000000730. The standard InChI is InChI=1S/C17H18N2O2.2C2H6/c1-12-7-10-21-16-14(12)3-2-4-15(16)17(20)19-11-13-5-8-18-9-6-13;2*1-2/h2-6,8-9,12H,7,10-11H2,1H3,(H,19,20);2*1-2H3. The van der Waals surface area contributed by atoms with Crippen LogP contribution in [0.3, 0.4) is 0 Å². The van der Waals surface area contributed by atoms with Gasteiger partial charge in [0.05, 0.1) is 12.2 Å². The minimum atomic E-state index is -0.0993. The first-order valence-corrected chi connectivity index (χ1v) is 9.18. The summed E-state index contributed by atoms with van der Waals surface area (Å²) in [6, 6.07) is 9.56. The van der Waals surface area contributed by atoms with E-state index in [1.54, 1.807) is 12.4 Å². The Morgan fingerprint density at radius 1 is 1.16 bits per heavy atom. The van der Waals surface area contributed by atoms with E-state index >= 15 is 0 Å². The van der Waals surface area contributed by atoms with Crippen LogP contribution in [0.25, 0.3) is 0 Å². The summed E-state index contributed by atoms with van der Waals surface area (Å²) in [5.41, 5.74) is 2.77. The van der Waals surface area contributed by atoms with Crippen molar-refractivity contribution in [1.29, 1.82) is 0 Å². The molecule has 4 nitrogen and oxygen atoms in total. The number of para-hydroxylation sites is 1. The largest absolute Gasteiger partial charge is 0.492 e. The Bertz CT molecular complexity index is 642. The normalized spacial score (nSPS) is 14.5. The van der Waals surface area contributed by atoms with Crippen molar-refractivity contribution in [2.24, 2.45) is 0 Å². The quantitative estimate of drug-likeness (QED) is 0.858. The summed E-state index contributed by atoms with van der Waals surface area (Å²) in [5.74, 6) is 1.07. The van der Waals surface area contributed by atoms with Gasteiger partial charge in [-0.3, -0.25) is 9.78 Å². The van der Waals surface area contributed by atoms with E-state index in [-0.39, 0.29) is 5.91 Å². The number of hydrogen-bond acceptors (Lipinski definition) is 3. The lowest BCUT2D eigenvalue weighted by atomic mass is 9.93. The summed E-state index contributed by atoms with van der Waals surface area (Å²) in [6.07, 6.45) is 4.43. The third kappa shape index (κ3) is 5.59. The predicted molar refractivity (Wildman–Crippen MR) is 103 cm³/mol. The molecule has 0 aliphatic carbocycles. The zero-order chi connectivity index (χ0) is 18.7. The smallest absolute Gasteiger partial charge is 0.255 e. The number of ether oxygens (including phenoxy) is 1. The van der Waals surface area contributed by atoms with E-state index in [1.807, 2.05) is 58.0 Å². The molecule has 4 heteroatoms. The Labute approximate surface area is 151 Å². The molecule has 2 aromatic rings. The fourth-order valence-electron chi connectivity index (χ4n) is 2.55. The first-order chi connectivity index (χ1) is 12.3. The number of carbonyl (C=O) groups is 1. The summed E-state index contributed by atoms with van der Waals surface area (Å²) in [4.78, 5) is 16.4. The number of pyridine rings is 1. The molecule has 1 amide bonds. The number of fused-ring (bicyclic) bond motifs is 1. The van der Waals surface area contributed by atoms with E-state index in [0.717, 1.165) is 23.3 Å². The van der Waals surface area contributed by atoms with E-state index in [4.69, 9.17) is 4.74 Å². The van der Waals surface area contributed by atoms with Crippen LogP contribution in [0.5, 0.6) is 5.75 Å². The number of aromatic nitrogens is 1. The minimum Gasteiger partial charge on any atom is -0.492 e. The molecule has 2 heterocycles. The van der Waals surface area contributed by atoms with Crippen LogP contribution in [0, 0.1) is 0 Å². The van der Waals surface area contributed by atoms with Crippen LogP contribution in [-0.2, 0) is 6.54 Å². The molecule has 1 atom stereocenters. The minimum absolute atomic E-state index is 0.0993. The van der Waals surface area contributed by atoms with E-state index in [2.05, 4.69) is 17.2 Å². The molecule has 1 aromatic heterocycles. The molecular formula is C21H30N2O2. The molecule has 0 bridgehead atoms. The van der Waals surface area contributed by atoms with E-state index in [0.29, 0.717) is 24.6 Å². The van der Waals surface area contributed by atoms with Crippen molar-refractivity contribution in [3.63, 3.8) is 0 Å². The van der Waals surface area contributed by atoms with Gasteiger partial charge in [-0.2, -0.15) is 0 Å². The van der Waals surface area contributed by atoms with Gasteiger partial charge in [-0.25, -0.2) is 0 Å². The number of nitrogens with zero attached hydrogens (tertiary/aromatic N) is 1. The molecular weight excluding hydrogens is 312 g/mol. The third-order valence-corrected chi connectivity index (χ3v) is 3.82. The summed E-state index contributed by atoms with van der Waals surface area (Å²) < 4.78 is 5.73. The van der Waals surface area contributed by atoms with Crippen LogP contribution in [0.2, 0.25) is 0 Å². The highest BCUT2D eigenvalue weighted by molar-refractivity contribution is 5.97. The summed E-state index contributed by atoms with van der Waals surface area (Å²) in [7, 11) is 0.